The monoisotopic (exact) mass is 275 g/mol. The molecule has 20 heavy (non-hydrogen) atoms. The first-order valence-corrected chi connectivity index (χ1v) is 6.89. The van der Waals surface area contributed by atoms with Gasteiger partial charge >= 0.3 is 0 Å². The highest BCUT2D eigenvalue weighted by molar-refractivity contribution is 5.29. The molecular formula is C13H21N7. The minimum Gasteiger partial charge on any atom is -0.368 e. The second-order valence-corrected chi connectivity index (χ2v) is 4.87. The van der Waals surface area contributed by atoms with Crippen molar-refractivity contribution in [3.63, 3.8) is 0 Å². The lowest BCUT2D eigenvalue weighted by Crippen LogP contribution is -2.12. The first kappa shape index (κ1) is 14.2. The molecule has 0 aliphatic rings. The molecule has 5 N–H and O–H groups in total. The number of nitrogens with zero attached hydrogens (tertiary/aromatic N) is 4. The summed E-state index contributed by atoms with van der Waals surface area (Å²) in [6, 6.07) is 0. The Morgan fingerprint density at radius 2 is 1.80 bits per heavy atom. The van der Waals surface area contributed by atoms with Gasteiger partial charge in [0.2, 0.25) is 11.9 Å². The van der Waals surface area contributed by atoms with Crippen LogP contribution >= 0.6 is 0 Å². The van der Waals surface area contributed by atoms with Gasteiger partial charge < -0.3 is 16.5 Å². The van der Waals surface area contributed by atoms with Gasteiger partial charge in [0.15, 0.2) is 0 Å². The van der Waals surface area contributed by atoms with E-state index in [0.717, 1.165) is 37.2 Å². The summed E-state index contributed by atoms with van der Waals surface area (Å²) in [5.74, 6) is 1.77. The molecule has 0 aliphatic carbocycles. The molecule has 1 unspecified atom stereocenters. The molecule has 1 atom stereocenters. The van der Waals surface area contributed by atoms with E-state index in [9.17, 15) is 0 Å². The minimum absolute atomic E-state index is 0.000833. The lowest BCUT2D eigenvalue weighted by atomic mass is 9.97. The number of hydrogen-bond donors (Lipinski definition) is 3. The average molecular weight is 275 g/mol. The predicted molar refractivity (Wildman–Crippen MR) is 78.0 cm³/mol. The highest BCUT2D eigenvalue weighted by Gasteiger charge is 2.20. The molecule has 0 saturated heterocycles. The van der Waals surface area contributed by atoms with E-state index in [1.807, 2.05) is 13.1 Å². The van der Waals surface area contributed by atoms with Gasteiger partial charge in [0.05, 0.1) is 11.6 Å². The molecule has 108 valence electrons. The topological polar surface area (TPSA) is 119 Å². The maximum atomic E-state index is 5.66. The van der Waals surface area contributed by atoms with Crippen molar-refractivity contribution >= 4 is 11.9 Å². The van der Waals surface area contributed by atoms with Crippen LogP contribution in [0.25, 0.3) is 0 Å². The van der Waals surface area contributed by atoms with Gasteiger partial charge in [-0.3, -0.25) is 0 Å². The van der Waals surface area contributed by atoms with Crippen LogP contribution in [-0.4, -0.2) is 24.9 Å². The summed E-state index contributed by atoms with van der Waals surface area (Å²) in [4.78, 5) is 19.8. The maximum Gasteiger partial charge on any atom is 0.225 e. The number of H-pyrrole nitrogens is 1. The van der Waals surface area contributed by atoms with Crippen molar-refractivity contribution in [2.75, 3.05) is 11.5 Å². The van der Waals surface area contributed by atoms with E-state index in [1.54, 1.807) is 0 Å². The number of nitrogens with one attached hydrogen (secondary N) is 1. The summed E-state index contributed by atoms with van der Waals surface area (Å²) in [6.07, 6.45) is 6.21. The van der Waals surface area contributed by atoms with Gasteiger partial charge in [-0.2, -0.15) is 15.0 Å². The van der Waals surface area contributed by atoms with E-state index in [2.05, 4.69) is 31.8 Å². The molecule has 2 heterocycles. The van der Waals surface area contributed by atoms with Gasteiger partial charge in [0, 0.05) is 6.20 Å². The molecule has 0 aliphatic heterocycles. The van der Waals surface area contributed by atoms with Crippen molar-refractivity contribution in [2.45, 2.75) is 45.4 Å². The van der Waals surface area contributed by atoms with E-state index in [1.165, 1.54) is 0 Å². The largest absolute Gasteiger partial charge is 0.368 e. The maximum absolute atomic E-state index is 5.66. The standard InChI is InChI=1S/C13H21N7/c1-3-4-5-6-9(10-7-16-8(2)17-10)11-18-12(14)20-13(15)19-11/h7,9H,3-6H2,1-2H3,(H,16,17)(H4,14,15,18,19,20). The number of aromatic nitrogens is 5. The Bertz CT molecular complexity index is 543. The number of anilines is 2. The van der Waals surface area contributed by atoms with Gasteiger partial charge in [0.25, 0.3) is 0 Å². The average Bonchev–Trinajstić information content (AvgIpc) is 2.80. The van der Waals surface area contributed by atoms with Gasteiger partial charge in [-0.05, 0) is 13.3 Å². The van der Waals surface area contributed by atoms with Gasteiger partial charge in [0.1, 0.15) is 11.6 Å². The molecular weight excluding hydrogens is 254 g/mol. The van der Waals surface area contributed by atoms with Crippen LogP contribution in [0.1, 0.15) is 55.9 Å². The molecule has 0 aromatic carbocycles. The van der Waals surface area contributed by atoms with Crippen molar-refractivity contribution in [3.05, 3.63) is 23.5 Å². The number of aromatic amines is 1. The second kappa shape index (κ2) is 6.31. The molecule has 0 bridgehead atoms. The summed E-state index contributed by atoms with van der Waals surface area (Å²) in [5, 5.41) is 0. The van der Waals surface area contributed by atoms with Crippen molar-refractivity contribution < 1.29 is 0 Å². The van der Waals surface area contributed by atoms with Crippen LogP contribution in [0.4, 0.5) is 11.9 Å². The predicted octanol–water partition coefficient (Wildman–Crippen LogP) is 1.78. The van der Waals surface area contributed by atoms with Crippen LogP contribution in [-0.2, 0) is 0 Å². The fourth-order valence-electron chi connectivity index (χ4n) is 2.21. The number of imidazole rings is 1. The van der Waals surface area contributed by atoms with Crippen LogP contribution < -0.4 is 11.5 Å². The summed E-state index contributed by atoms with van der Waals surface area (Å²) >= 11 is 0. The number of hydrogen-bond acceptors (Lipinski definition) is 6. The van der Waals surface area contributed by atoms with Crippen molar-refractivity contribution in [2.24, 2.45) is 0 Å². The Morgan fingerprint density at radius 1 is 1.10 bits per heavy atom. The van der Waals surface area contributed by atoms with Gasteiger partial charge in [-0.15, -0.1) is 0 Å². The fourth-order valence-corrected chi connectivity index (χ4v) is 2.21. The number of nitrogens with two attached hydrogens (primary N) is 2. The Labute approximate surface area is 118 Å². The molecule has 7 heteroatoms. The zero-order valence-corrected chi connectivity index (χ0v) is 11.9. The Kier molecular flexibility index (Phi) is 4.49. The van der Waals surface area contributed by atoms with E-state index in [0.29, 0.717) is 5.82 Å². The molecule has 0 radical (unpaired) electrons. The highest BCUT2D eigenvalue weighted by Crippen LogP contribution is 2.27. The second-order valence-electron chi connectivity index (χ2n) is 4.87. The zero-order valence-electron chi connectivity index (χ0n) is 11.9. The Hall–Kier alpha value is -2.18. The molecule has 0 saturated carbocycles. The van der Waals surface area contributed by atoms with Crippen LogP contribution in [0.2, 0.25) is 0 Å². The quantitative estimate of drug-likeness (QED) is 0.691. The van der Waals surface area contributed by atoms with E-state index in [-0.39, 0.29) is 17.8 Å². The number of aryl methyl sites for hydroxylation is 1. The normalized spacial score (nSPS) is 12.5. The smallest absolute Gasteiger partial charge is 0.225 e. The summed E-state index contributed by atoms with van der Waals surface area (Å²) in [7, 11) is 0. The lowest BCUT2D eigenvalue weighted by Gasteiger charge is -2.13. The Balaban J connectivity index is 2.29. The first-order chi connectivity index (χ1) is 9.60. The van der Waals surface area contributed by atoms with E-state index >= 15 is 0 Å². The number of nitrogen functional groups attached to an aromatic ring is 2. The summed E-state index contributed by atoms with van der Waals surface area (Å²) in [6.45, 7) is 4.09. The molecule has 0 fully saturated rings. The molecule has 2 aromatic heterocycles. The number of rotatable bonds is 6. The van der Waals surface area contributed by atoms with Gasteiger partial charge in [-0.1, -0.05) is 26.2 Å². The third-order valence-corrected chi connectivity index (χ3v) is 3.18. The van der Waals surface area contributed by atoms with Crippen LogP contribution in [0.5, 0.6) is 0 Å². The molecule has 0 amide bonds. The fraction of sp³-hybridized carbons (Fsp3) is 0.538. The zero-order chi connectivity index (χ0) is 14.5. The van der Waals surface area contributed by atoms with Crippen molar-refractivity contribution in [1.82, 2.24) is 24.9 Å². The van der Waals surface area contributed by atoms with Crippen LogP contribution in [0, 0.1) is 6.92 Å². The van der Waals surface area contributed by atoms with Crippen LogP contribution in [0.3, 0.4) is 0 Å². The molecule has 2 aromatic rings. The van der Waals surface area contributed by atoms with E-state index in [4.69, 9.17) is 11.5 Å². The highest BCUT2D eigenvalue weighted by atomic mass is 15.1. The van der Waals surface area contributed by atoms with Crippen LogP contribution in [0.15, 0.2) is 6.20 Å². The SMILES string of the molecule is CCCCCC(c1c[nH]c(C)n1)c1nc(N)nc(N)n1. The van der Waals surface area contributed by atoms with Crippen molar-refractivity contribution in [1.29, 1.82) is 0 Å². The summed E-state index contributed by atoms with van der Waals surface area (Å²) < 4.78 is 0. The third-order valence-electron chi connectivity index (χ3n) is 3.18. The molecule has 0 spiro atoms. The van der Waals surface area contributed by atoms with Gasteiger partial charge in [-0.25, -0.2) is 4.98 Å². The lowest BCUT2D eigenvalue weighted by molar-refractivity contribution is 0.589. The molecule has 2 rings (SSSR count). The Morgan fingerprint density at radius 3 is 2.35 bits per heavy atom. The summed E-state index contributed by atoms with van der Waals surface area (Å²) in [5.41, 5.74) is 12.2. The van der Waals surface area contributed by atoms with E-state index < -0.39 is 0 Å². The number of unbranched alkanes of at least 4 members (excludes halogenated alkanes) is 2. The third kappa shape index (κ3) is 3.43. The van der Waals surface area contributed by atoms with Crippen molar-refractivity contribution in [3.8, 4) is 0 Å². The molecule has 7 nitrogen and oxygen atoms in total. The first-order valence-electron chi connectivity index (χ1n) is 6.89. The minimum atomic E-state index is -0.000833.